The van der Waals surface area contributed by atoms with Crippen LogP contribution in [0.4, 0.5) is 5.69 Å². The highest BCUT2D eigenvalue weighted by atomic mass is 35.5. The molecular weight excluding hydrogens is 712 g/mol. The normalized spacial score (nSPS) is 14.2. The first-order valence-corrected chi connectivity index (χ1v) is 18.6. The number of anilines is 1. The Morgan fingerprint density at radius 3 is 2.06 bits per heavy atom. The molecular formula is C36H35Cl4N3O4S. The van der Waals surface area contributed by atoms with Crippen LogP contribution in [0.25, 0.3) is 0 Å². The summed E-state index contributed by atoms with van der Waals surface area (Å²) in [7, 11) is -4.32. The average Bonchev–Trinajstić information content (AvgIpc) is 3.07. The molecule has 252 valence electrons. The standard InChI is InChI=1S/C36H35Cl4N3O4S/c37-26-17-19-30(20-18-26)48(46,47)43(29-14-7-11-27(38)22-29)24-35(44)42(23-31-32(39)15-8-16-33(31)40)34(21-25-9-3-1-4-10-25)36(45)41-28-12-5-2-6-13-28/h1,3-4,7-11,14-20,22,28,34H,2,5-6,12-13,21,23-24H2,(H,41,45). The minimum Gasteiger partial charge on any atom is -0.352 e. The fourth-order valence-corrected chi connectivity index (χ4v) is 8.08. The van der Waals surface area contributed by atoms with Gasteiger partial charge in [-0.1, -0.05) is 108 Å². The fraction of sp³-hybridized carbons (Fsp3) is 0.278. The van der Waals surface area contributed by atoms with Crippen LogP contribution in [-0.4, -0.2) is 43.8 Å². The molecule has 1 N–H and O–H groups in total. The van der Waals surface area contributed by atoms with Gasteiger partial charge in [-0.3, -0.25) is 13.9 Å². The van der Waals surface area contributed by atoms with Crippen molar-refractivity contribution in [1.82, 2.24) is 10.2 Å². The number of sulfonamides is 1. The Bertz CT molecular complexity index is 1820. The molecule has 4 aromatic carbocycles. The third-order valence-electron chi connectivity index (χ3n) is 8.39. The van der Waals surface area contributed by atoms with Crippen LogP contribution in [0.15, 0.2) is 102 Å². The lowest BCUT2D eigenvalue weighted by Crippen LogP contribution is -2.55. The van der Waals surface area contributed by atoms with Gasteiger partial charge in [0, 0.05) is 44.7 Å². The van der Waals surface area contributed by atoms with Gasteiger partial charge < -0.3 is 10.2 Å². The molecule has 2 amide bonds. The van der Waals surface area contributed by atoms with Crippen molar-refractivity contribution in [3.05, 3.63) is 128 Å². The zero-order chi connectivity index (χ0) is 34.3. The highest BCUT2D eigenvalue weighted by molar-refractivity contribution is 7.92. The van der Waals surface area contributed by atoms with Crippen molar-refractivity contribution in [3.8, 4) is 0 Å². The van der Waals surface area contributed by atoms with Crippen LogP contribution in [0.5, 0.6) is 0 Å². The Hall–Kier alpha value is -3.27. The van der Waals surface area contributed by atoms with E-state index >= 15 is 0 Å². The lowest BCUT2D eigenvalue weighted by Gasteiger charge is -2.35. The molecule has 0 bridgehead atoms. The first kappa shape index (κ1) is 36.0. The number of carbonyl (C=O) groups is 2. The van der Waals surface area contributed by atoms with Crippen LogP contribution in [0.1, 0.15) is 43.2 Å². The molecule has 0 heterocycles. The molecule has 7 nitrogen and oxygen atoms in total. The predicted octanol–water partition coefficient (Wildman–Crippen LogP) is 8.58. The molecule has 0 aliphatic heterocycles. The summed E-state index contributed by atoms with van der Waals surface area (Å²) in [5.41, 5.74) is 1.44. The molecule has 0 aromatic heterocycles. The maximum absolute atomic E-state index is 14.7. The number of nitrogens with one attached hydrogen (secondary N) is 1. The minimum absolute atomic E-state index is 0.0291. The molecule has 1 fully saturated rings. The summed E-state index contributed by atoms with van der Waals surface area (Å²) >= 11 is 25.6. The maximum atomic E-state index is 14.7. The van der Waals surface area contributed by atoms with Crippen molar-refractivity contribution in [3.63, 3.8) is 0 Å². The number of benzene rings is 4. The van der Waals surface area contributed by atoms with Crippen molar-refractivity contribution in [2.75, 3.05) is 10.8 Å². The molecule has 0 saturated heterocycles. The Kier molecular flexibility index (Phi) is 12.3. The molecule has 4 aromatic rings. The van der Waals surface area contributed by atoms with Crippen molar-refractivity contribution in [1.29, 1.82) is 0 Å². The smallest absolute Gasteiger partial charge is 0.264 e. The molecule has 1 aliphatic rings. The van der Waals surface area contributed by atoms with Gasteiger partial charge in [0.05, 0.1) is 10.6 Å². The van der Waals surface area contributed by atoms with E-state index in [2.05, 4.69) is 5.32 Å². The van der Waals surface area contributed by atoms with E-state index in [1.165, 1.54) is 35.2 Å². The number of amides is 2. The summed E-state index contributed by atoms with van der Waals surface area (Å²) in [5.74, 6) is -0.972. The summed E-state index contributed by atoms with van der Waals surface area (Å²) in [6, 6.07) is 25.2. The van der Waals surface area contributed by atoms with E-state index < -0.39 is 28.5 Å². The van der Waals surface area contributed by atoms with Gasteiger partial charge in [-0.15, -0.1) is 0 Å². The van der Waals surface area contributed by atoms with Crippen LogP contribution in [0, 0.1) is 0 Å². The highest BCUT2D eigenvalue weighted by Crippen LogP contribution is 2.30. The highest BCUT2D eigenvalue weighted by Gasteiger charge is 2.36. The van der Waals surface area contributed by atoms with E-state index in [1.807, 2.05) is 30.3 Å². The van der Waals surface area contributed by atoms with Crippen molar-refractivity contribution in [2.45, 2.75) is 62.0 Å². The Morgan fingerprint density at radius 1 is 0.771 bits per heavy atom. The first-order valence-electron chi connectivity index (χ1n) is 15.6. The van der Waals surface area contributed by atoms with Crippen molar-refractivity contribution >= 4 is 73.9 Å². The Balaban J connectivity index is 1.59. The van der Waals surface area contributed by atoms with Crippen LogP contribution < -0.4 is 9.62 Å². The molecule has 1 saturated carbocycles. The molecule has 48 heavy (non-hydrogen) atoms. The number of carbonyl (C=O) groups excluding carboxylic acids is 2. The van der Waals surface area contributed by atoms with Crippen LogP contribution in [-0.2, 0) is 32.6 Å². The number of halogens is 4. The van der Waals surface area contributed by atoms with Gasteiger partial charge in [0.25, 0.3) is 10.0 Å². The van der Waals surface area contributed by atoms with E-state index in [4.69, 9.17) is 46.4 Å². The molecule has 1 aliphatic carbocycles. The van der Waals surface area contributed by atoms with Crippen molar-refractivity contribution < 1.29 is 18.0 Å². The zero-order valence-corrected chi connectivity index (χ0v) is 29.8. The van der Waals surface area contributed by atoms with E-state index in [9.17, 15) is 18.0 Å². The van der Waals surface area contributed by atoms with Gasteiger partial charge in [-0.05, 0) is 73.0 Å². The molecule has 1 unspecified atom stereocenters. The second-order valence-corrected chi connectivity index (χ2v) is 15.3. The Labute approximate surface area is 301 Å². The summed E-state index contributed by atoms with van der Waals surface area (Å²) in [6.45, 7) is -0.785. The molecule has 1 atom stereocenters. The lowest BCUT2D eigenvalue weighted by atomic mass is 9.94. The molecule has 0 spiro atoms. The number of nitrogens with zero attached hydrogens (tertiary/aromatic N) is 2. The average molecular weight is 748 g/mol. The second-order valence-electron chi connectivity index (χ2n) is 11.7. The number of rotatable bonds is 12. The van der Waals surface area contributed by atoms with Gasteiger partial charge in [-0.25, -0.2) is 8.42 Å². The topological polar surface area (TPSA) is 86.8 Å². The van der Waals surface area contributed by atoms with Gasteiger partial charge >= 0.3 is 0 Å². The van der Waals surface area contributed by atoms with Gasteiger partial charge in [0.15, 0.2) is 0 Å². The lowest BCUT2D eigenvalue weighted by molar-refractivity contribution is -0.140. The summed E-state index contributed by atoms with van der Waals surface area (Å²) in [6.07, 6.45) is 4.98. The Morgan fingerprint density at radius 2 is 1.42 bits per heavy atom. The zero-order valence-electron chi connectivity index (χ0n) is 26.0. The summed E-state index contributed by atoms with van der Waals surface area (Å²) in [4.78, 5) is 30.2. The SMILES string of the molecule is O=C(NC1CCCCC1)C(Cc1ccccc1)N(Cc1c(Cl)cccc1Cl)C(=O)CN(c1cccc(Cl)c1)S(=O)(=O)c1ccc(Cl)cc1. The van der Waals surface area contributed by atoms with Crippen LogP contribution >= 0.6 is 46.4 Å². The molecule has 12 heteroatoms. The summed E-state index contributed by atoms with van der Waals surface area (Å²) in [5, 5.41) is 4.45. The summed E-state index contributed by atoms with van der Waals surface area (Å²) < 4.78 is 29.4. The third-order valence-corrected chi connectivity index (χ3v) is 11.4. The molecule has 5 rings (SSSR count). The maximum Gasteiger partial charge on any atom is 0.264 e. The van der Waals surface area contributed by atoms with Crippen LogP contribution in [0.2, 0.25) is 20.1 Å². The largest absolute Gasteiger partial charge is 0.352 e. The predicted molar refractivity (Wildman–Crippen MR) is 193 cm³/mol. The van der Waals surface area contributed by atoms with E-state index in [0.717, 1.165) is 42.0 Å². The monoisotopic (exact) mass is 745 g/mol. The minimum atomic E-state index is -4.32. The van der Waals surface area contributed by atoms with E-state index in [0.29, 0.717) is 20.6 Å². The van der Waals surface area contributed by atoms with Crippen LogP contribution in [0.3, 0.4) is 0 Å². The van der Waals surface area contributed by atoms with E-state index in [-0.39, 0.29) is 40.5 Å². The number of hydrogen-bond acceptors (Lipinski definition) is 4. The molecule has 0 radical (unpaired) electrons. The van der Waals surface area contributed by atoms with E-state index in [1.54, 1.807) is 36.4 Å². The fourth-order valence-electron chi connectivity index (χ4n) is 5.85. The second kappa shape index (κ2) is 16.4. The van der Waals surface area contributed by atoms with Gasteiger partial charge in [0.1, 0.15) is 12.6 Å². The quantitative estimate of drug-likeness (QED) is 0.157. The first-order chi connectivity index (χ1) is 23.0. The third kappa shape index (κ3) is 9.04. The van der Waals surface area contributed by atoms with Gasteiger partial charge in [-0.2, -0.15) is 0 Å². The van der Waals surface area contributed by atoms with Gasteiger partial charge in [0.2, 0.25) is 11.8 Å². The van der Waals surface area contributed by atoms with Crippen molar-refractivity contribution in [2.24, 2.45) is 0 Å². The number of hydrogen-bond donors (Lipinski definition) is 1.